The number of halogens is 3. The zero-order chi connectivity index (χ0) is 20.6. The van der Waals surface area contributed by atoms with Crippen molar-refractivity contribution in [1.29, 1.82) is 0 Å². The van der Waals surface area contributed by atoms with Crippen LogP contribution in [0, 0.1) is 0 Å². The number of amides is 1. The predicted molar refractivity (Wildman–Crippen MR) is 97.6 cm³/mol. The van der Waals surface area contributed by atoms with Crippen molar-refractivity contribution in [3.05, 3.63) is 59.2 Å². The Morgan fingerprint density at radius 3 is 2.39 bits per heavy atom. The van der Waals surface area contributed by atoms with Crippen molar-refractivity contribution in [2.75, 3.05) is 27.4 Å². The number of carbonyl (C=O) groups excluding carboxylic acids is 1. The SMILES string of the molecule is COCCCNC(=O)c1cc(OCc2ccccc2)c(OC)cc1C(F)(F)F. The smallest absolute Gasteiger partial charge is 0.417 e. The number of benzene rings is 2. The summed E-state index contributed by atoms with van der Waals surface area (Å²) in [6.45, 7) is 0.703. The highest BCUT2D eigenvalue weighted by Crippen LogP contribution is 2.39. The second kappa shape index (κ2) is 9.98. The fourth-order valence-corrected chi connectivity index (χ4v) is 2.50. The Kier molecular flexibility index (Phi) is 7.69. The van der Waals surface area contributed by atoms with E-state index in [-0.39, 0.29) is 24.7 Å². The second-order valence-electron chi connectivity index (χ2n) is 5.92. The zero-order valence-corrected chi connectivity index (χ0v) is 15.6. The van der Waals surface area contributed by atoms with Gasteiger partial charge in [0.1, 0.15) is 6.61 Å². The lowest BCUT2D eigenvalue weighted by Gasteiger charge is -2.18. The lowest BCUT2D eigenvalue weighted by atomic mass is 10.0. The normalized spacial score (nSPS) is 11.2. The van der Waals surface area contributed by atoms with E-state index in [1.165, 1.54) is 14.2 Å². The van der Waals surface area contributed by atoms with Gasteiger partial charge in [-0.05, 0) is 24.1 Å². The van der Waals surface area contributed by atoms with Gasteiger partial charge in [0, 0.05) is 20.3 Å². The molecule has 0 radical (unpaired) electrons. The van der Waals surface area contributed by atoms with Crippen LogP contribution in [0.4, 0.5) is 13.2 Å². The summed E-state index contributed by atoms with van der Waals surface area (Å²) in [5, 5.41) is 2.47. The molecule has 5 nitrogen and oxygen atoms in total. The van der Waals surface area contributed by atoms with Crippen LogP contribution in [0.3, 0.4) is 0 Å². The van der Waals surface area contributed by atoms with Crippen molar-refractivity contribution in [1.82, 2.24) is 5.32 Å². The van der Waals surface area contributed by atoms with Gasteiger partial charge in [0.05, 0.1) is 18.2 Å². The van der Waals surface area contributed by atoms with Crippen LogP contribution in [0.15, 0.2) is 42.5 Å². The molecule has 0 aromatic heterocycles. The van der Waals surface area contributed by atoms with Crippen LogP contribution >= 0.6 is 0 Å². The van der Waals surface area contributed by atoms with Crippen LogP contribution in [0.5, 0.6) is 11.5 Å². The van der Waals surface area contributed by atoms with Gasteiger partial charge in [0.15, 0.2) is 11.5 Å². The van der Waals surface area contributed by atoms with Gasteiger partial charge in [-0.3, -0.25) is 4.79 Å². The Balaban J connectivity index is 2.30. The Hall–Kier alpha value is -2.74. The molecule has 0 aliphatic carbocycles. The highest BCUT2D eigenvalue weighted by atomic mass is 19.4. The number of alkyl halides is 3. The van der Waals surface area contributed by atoms with Gasteiger partial charge < -0.3 is 19.5 Å². The summed E-state index contributed by atoms with van der Waals surface area (Å²) in [5.41, 5.74) is -0.774. The maximum atomic E-state index is 13.5. The van der Waals surface area contributed by atoms with Crippen molar-refractivity contribution in [3.8, 4) is 11.5 Å². The number of carbonyl (C=O) groups is 1. The van der Waals surface area contributed by atoms with E-state index in [9.17, 15) is 18.0 Å². The first-order valence-electron chi connectivity index (χ1n) is 8.60. The lowest BCUT2D eigenvalue weighted by molar-refractivity contribution is -0.138. The van der Waals surface area contributed by atoms with Crippen LogP contribution in [0.25, 0.3) is 0 Å². The first-order valence-corrected chi connectivity index (χ1v) is 8.60. The average molecular weight is 397 g/mol. The number of ether oxygens (including phenoxy) is 3. The van der Waals surface area contributed by atoms with Crippen LogP contribution in [-0.2, 0) is 17.5 Å². The van der Waals surface area contributed by atoms with Crippen molar-refractivity contribution in [2.24, 2.45) is 0 Å². The Morgan fingerprint density at radius 1 is 1.07 bits per heavy atom. The second-order valence-corrected chi connectivity index (χ2v) is 5.92. The minimum absolute atomic E-state index is 0.0568. The van der Waals surface area contributed by atoms with Crippen molar-refractivity contribution >= 4 is 5.91 Å². The van der Waals surface area contributed by atoms with Gasteiger partial charge >= 0.3 is 6.18 Å². The molecule has 2 aromatic rings. The Morgan fingerprint density at radius 2 is 1.79 bits per heavy atom. The maximum absolute atomic E-state index is 13.5. The van der Waals surface area contributed by atoms with Gasteiger partial charge in [-0.1, -0.05) is 30.3 Å². The molecule has 0 fully saturated rings. The number of hydrogen-bond donors (Lipinski definition) is 1. The molecule has 0 heterocycles. The molecule has 1 N–H and O–H groups in total. The average Bonchev–Trinajstić information content (AvgIpc) is 2.68. The van der Waals surface area contributed by atoms with E-state index in [4.69, 9.17) is 14.2 Å². The maximum Gasteiger partial charge on any atom is 0.417 e. The molecule has 0 aliphatic rings. The number of methoxy groups -OCH3 is 2. The van der Waals surface area contributed by atoms with Crippen molar-refractivity contribution in [3.63, 3.8) is 0 Å². The highest BCUT2D eigenvalue weighted by molar-refractivity contribution is 5.96. The van der Waals surface area contributed by atoms with E-state index in [0.717, 1.165) is 17.7 Å². The summed E-state index contributed by atoms with van der Waals surface area (Å²) in [6, 6.07) is 11.0. The predicted octanol–water partition coefficient (Wildman–Crippen LogP) is 4.06. The molecule has 1 amide bonds. The van der Waals surface area contributed by atoms with Crippen LogP contribution in [-0.4, -0.2) is 33.3 Å². The molecule has 28 heavy (non-hydrogen) atoms. The topological polar surface area (TPSA) is 56.8 Å². The third-order valence-corrected chi connectivity index (χ3v) is 3.90. The summed E-state index contributed by atoms with van der Waals surface area (Å²) >= 11 is 0. The Bertz CT molecular complexity index is 779. The van der Waals surface area contributed by atoms with Crippen LogP contribution in [0.1, 0.15) is 27.9 Å². The van der Waals surface area contributed by atoms with E-state index in [0.29, 0.717) is 13.0 Å². The first kappa shape index (κ1) is 21.6. The minimum atomic E-state index is -4.72. The molecule has 0 aliphatic heterocycles. The van der Waals surface area contributed by atoms with E-state index >= 15 is 0 Å². The zero-order valence-electron chi connectivity index (χ0n) is 15.6. The number of hydrogen-bond acceptors (Lipinski definition) is 4. The van der Waals surface area contributed by atoms with Gasteiger partial charge in [-0.15, -0.1) is 0 Å². The summed E-state index contributed by atoms with van der Waals surface area (Å²) in [4.78, 5) is 12.4. The Labute approximate surface area is 161 Å². The van der Waals surface area contributed by atoms with Crippen molar-refractivity contribution in [2.45, 2.75) is 19.2 Å². The molecular formula is C20H22F3NO4. The summed E-state index contributed by atoms with van der Waals surface area (Å²) in [5.74, 6) is -0.878. The fourth-order valence-electron chi connectivity index (χ4n) is 2.50. The molecule has 0 spiro atoms. The number of rotatable bonds is 9. The molecule has 0 saturated heterocycles. The molecule has 2 aromatic carbocycles. The largest absolute Gasteiger partial charge is 0.493 e. The van der Waals surface area contributed by atoms with E-state index < -0.39 is 23.2 Å². The molecule has 0 unspecified atom stereocenters. The van der Waals surface area contributed by atoms with Gasteiger partial charge in [-0.25, -0.2) is 0 Å². The molecule has 0 saturated carbocycles. The summed E-state index contributed by atoms with van der Waals surface area (Å²) < 4.78 is 55.9. The highest BCUT2D eigenvalue weighted by Gasteiger charge is 2.37. The van der Waals surface area contributed by atoms with Crippen LogP contribution in [0.2, 0.25) is 0 Å². The van der Waals surface area contributed by atoms with E-state index in [2.05, 4.69) is 5.32 Å². The molecule has 0 atom stereocenters. The summed E-state index contributed by atoms with van der Waals surface area (Å²) in [7, 11) is 2.75. The molecule has 8 heteroatoms. The third kappa shape index (κ3) is 5.88. The van der Waals surface area contributed by atoms with E-state index in [1.54, 1.807) is 0 Å². The molecule has 0 bridgehead atoms. The third-order valence-electron chi connectivity index (χ3n) is 3.90. The number of nitrogens with one attached hydrogen (secondary N) is 1. The molecule has 2 rings (SSSR count). The summed E-state index contributed by atoms with van der Waals surface area (Å²) in [6.07, 6.45) is -4.23. The van der Waals surface area contributed by atoms with Gasteiger partial charge in [0.2, 0.25) is 0 Å². The standard InChI is InChI=1S/C20H22F3NO4/c1-26-10-6-9-24-19(25)15-11-18(28-13-14-7-4-3-5-8-14)17(27-2)12-16(15)20(21,22)23/h3-5,7-8,11-12H,6,9-10,13H2,1-2H3,(H,24,25). The molecular weight excluding hydrogens is 375 g/mol. The lowest BCUT2D eigenvalue weighted by Crippen LogP contribution is -2.28. The molecule has 152 valence electrons. The first-order chi connectivity index (χ1) is 13.4. The van der Waals surface area contributed by atoms with Gasteiger partial charge in [0.25, 0.3) is 5.91 Å². The van der Waals surface area contributed by atoms with Crippen LogP contribution < -0.4 is 14.8 Å². The quantitative estimate of drug-likeness (QED) is 0.649. The monoisotopic (exact) mass is 397 g/mol. The van der Waals surface area contributed by atoms with Crippen molar-refractivity contribution < 1.29 is 32.2 Å². The fraction of sp³-hybridized carbons (Fsp3) is 0.350. The minimum Gasteiger partial charge on any atom is -0.493 e. The van der Waals surface area contributed by atoms with E-state index in [1.807, 2.05) is 30.3 Å². The van der Waals surface area contributed by atoms with Gasteiger partial charge in [-0.2, -0.15) is 13.2 Å².